The number of benzene rings is 1. The lowest BCUT2D eigenvalue weighted by molar-refractivity contribution is 0.259. The van der Waals surface area contributed by atoms with Gasteiger partial charge < -0.3 is 16.8 Å². The Morgan fingerprint density at radius 1 is 1.47 bits per heavy atom. The molecule has 0 aliphatic rings. The summed E-state index contributed by atoms with van der Waals surface area (Å²) in [5, 5.41) is 2.50. The number of nitrogens with one attached hydrogen (secondary N) is 1. The molecule has 1 rings (SSSR count). The summed E-state index contributed by atoms with van der Waals surface area (Å²) in [5.41, 5.74) is 11.4. The van der Waals surface area contributed by atoms with Crippen LogP contribution in [0.5, 0.6) is 0 Å². The second-order valence-corrected chi connectivity index (χ2v) is 3.52. The fourth-order valence-electron chi connectivity index (χ4n) is 1.42. The standard InChI is InChI=1S/C11H15FN4O/c1-2-3-7-6-8(12)4-5-9(7)15-11(17)16-10(13)14/h4-6H,2-3H2,1H3,(H5,13,14,15,16,17). The molecule has 17 heavy (non-hydrogen) atoms. The summed E-state index contributed by atoms with van der Waals surface area (Å²) in [6.07, 6.45) is 1.50. The summed E-state index contributed by atoms with van der Waals surface area (Å²) < 4.78 is 13.0. The number of urea groups is 1. The van der Waals surface area contributed by atoms with Crippen LogP contribution >= 0.6 is 0 Å². The molecule has 1 aromatic carbocycles. The highest BCUT2D eigenvalue weighted by Crippen LogP contribution is 2.18. The smallest absolute Gasteiger partial charge is 0.348 e. The van der Waals surface area contributed by atoms with Gasteiger partial charge >= 0.3 is 6.03 Å². The van der Waals surface area contributed by atoms with Crippen molar-refractivity contribution in [1.29, 1.82) is 0 Å². The van der Waals surface area contributed by atoms with Crippen LogP contribution in [0, 0.1) is 5.82 Å². The lowest BCUT2D eigenvalue weighted by Crippen LogP contribution is -2.25. The topological polar surface area (TPSA) is 93.5 Å². The van der Waals surface area contributed by atoms with E-state index < -0.39 is 6.03 Å². The van der Waals surface area contributed by atoms with Gasteiger partial charge in [0.1, 0.15) is 5.82 Å². The number of hydrogen-bond donors (Lipinski definition) is 3. The van der Waals surface area contributed by atoms with Crippen molar-refractivity contribution in [2.24, 2.45) is 16.5 Å². The number of carbonyl (C=O) groups excluding carboxylic acids is 1. The molecular weight excluding hydrogens is 223 g/mol. The molecule has 5 N–H and O–H groups in total. The lowest BCUT2D eigenvalue weighted by Gasteiger charge is -2.08. The molecule has 0 fully saturated rings. The van der Waals surface area contributed by atoms with Crippen LogP contribution in [0.2, 0.25) is 0 Å². The van der Waals surface area contributed by atoms with E-state index in [1.165, 1.54) is 18.2 Å². The van der Waals surface area contributed by atoms with Gasteiger partial charge in [0.2, 0.25) is 0 Å². The second-order valence-electron chi connectivity index (χ2n) is 3.52. The van der Waals surface area contributed by atoms with E-state index in [1.54, 1.807) is 0 Å². The van der Waals surface area contributed by atoms with Crippen LogP contribution in [-0.2, 0) is 6.42 Å². The van der Waals surface area contributed by atoms with E-state index in [0.29, 0.717) is 17.7 Å². The van der Waals surface area contributed by atoms with Crippen LogP contribution in [-0.4, -0.2) is 12.0 Å². The number of amides is 2. The molecule has 0 saturated heterocycles. The summed E-state index contributed by atoms with van der Waals surface area (Å²) in [6, 6.07) is 3.47. The summed E-state index contributed by atoms with van der Waals surface area (Å²) in [6.45, 7) is 1.96. The van der Waals surface area contributed by atoms with Crippen molar-refractivity contribution in [3.63, 3.8) is 0 Å². The number of anilines is 1. The maximum atomic E-state index is 13.0. The molecule has 92 valence electrons. The maximum Gasteiger partial charge on any atom is 0.348 e. The monoisotopic (exact) mass is 238 g/mol. The molecule has 1 aromatic rings. The summed E-state index contributed by atoms with van der Waals surface area (Å²) >= 11 is 0. The number of rotatable bonds is 3. The van der Waals surface area contributed by atoms with E-state index in [1.807, 2.05) is 6.92 Å². The Morgan fingerprint density at radius 2 is 2.18 bits per heavy atom. The predicted octanol–water partition coefficient (Wildman–Crippen LogP) is 1.58. The first kappa shape index (κ1) is 13.0. The van der Waals surface area contributed by atoms with Gasteiger partial charge in [0.05, 0.1) is 0 Å². The van der Waals surface area contributed by atoms with Gasteiger partial charge in [0, 0.05) is 5.69 Å². The summed E-state index contributed by atoms with van der Waals surface area (Å²) in [7, 11) is 0. The Hall–Kier alpha value is -2.11. The molecule has 6 heteroatoms. The molecule has 0 aliphatic carbocycles. The highest BCUT2D eigenvalue weighted by atomic mass is 19.1. The van der Waals surface area contributed by atoms with Crippen molar-refractivity contribution in [2.45, 2.75) is 19.8 Å². The van der Waals surface area contributed by atoms with Crippen molar-refractivity contribution in [1.82, 2.24) is 0 Å². The number of aliphatic imine (C=N–C) groups is 1. The minimum Gasteiger partial charge on any atom is -0.370 e. The van der Waals surface area contributed by atoms with Gasteiger partial charge in [0.15, 0.2) is 5.96 Å². The van der Waals surface area contributed by atoms with Crippen molar-refractivity contribution >= 4 is 17.7 Å². The zero-order valence-corrected chi connectivity index (χ0v) is 9.53. The zero-order valence-electron chi connectivity index (χ0n) is 9.53. The van der Waals surface area contributed by atoms with E-state index >= 15 is 0 Å². The minimum absolute atomic E-state index is 0.318. The van der Waals surface area contributed by atoms with Crippen molar-refractivity contribution in [3.05, 3.63) is 29.6 Å². The molecule has 0 aliphatic heterocycles. The van der Waals surface area contributed by atoms with Crippen LogP contribution < -0.4 is 16.8 Å². The van der Waals surface area contributed by atoms with Crippen LogP contribution in [0.4, 0.5) is 14.9 Å². The largest absolute Gasteiger partial charge is 0.370 e. The Labute approximate surface area is 98.7 Å². The Balaban J connectivity index is 2.90. The molecule has 0 unspecified atom stereocenters. The lowest BCUT2D eigenvalue weighted by atomic mass is 10.1. The molecule has 2 amide bonds. The fraction of sp³-hybridized carbons (Fsp3) is 0.273. The first-order chi connectivity index (χ1) is 8.02. The number of aryl methyl sites for hydroxylation is 1. The number of carbonyl (C=O) groups is 1. The van der Waals surface area contributed by atoms with Crippen LogP contribution in [0.1, 0.15) is 18.9 Å². The molecule has 0 spiro atoms. The average molecular weight is 238 g/mol. The van der Waals surface area contributed by atoms with Gasteiger partial charge in [-0.05, 0) is 30.2 Å². The number of nitrogens with zero attached hydrogens (tertiary/aromatic N) is 1. The van der Waals surface area contributed by atoms with E-state index in [4.69, 9.17) is 11.5 Å². The van der Waals surface area contributed by atoms with Gasteiger partial charge in [-0.15, -0.1) is 0 Å². The number of hydrogen-bond acceptors (Lipinski definition) is 1. The SMILES string of the molecule is CCCc1cc(F)ccc1NC(=O)N=C(N)N. The molecule has 0 atom stereocenters. The molecule has 0 bridgehead atoms. The third-order valence-electron chi connectivity index (χ3n) is 2.06. The third kappa shape index (κ3) is 4.10. The predicted molar refractivity (Wildman–Crippen MR) is 65.2 cm³/mol. The first-order valence-corrected chi connectivity index (χ1v) is 5.22. The van der Waals surface area contributed by atoms with E-state index in [9.17, 15) is 9.18 Å². The summed E-state index contributed by atoms with van der Waals surface area (Å²) in [5.74, 6) is -0.657. The van der Waals surface area contributed by atoms with Crippen molar-refractivity contribution in [3.8, 4) is 0 Å². The minimum atomic E-state index is -0.672. The van der Waals surface area contributed by atoms with E-state index in [0.717, 1.165) is 6.42 Å². The van der Waals surface area contributed by atoms with Crippen molar-refractivity contribution in [2.75, 3.05) is 5.32 Å². The van der Waals surface area contributed by atoms with E-state index in [2.05, 4.69) is 10.3 Å². The van der Waals surface area contributed by atoms with Gasteiger partial charge in [0.25, 0.3) is 0 Å². The normalized spacial score (nSPS) is 9.76. The Kier molecular flexibility index (Phi) is 4.45. The van der Waals surface area contributed by atoms with Crippen LogP contribution in [0.15, 0.2) is 23.2 Å². The molecule has 0 aromatic heterocycles. The second kappa shape index (κ2) is 5.83. The van der Waals surface area contributed by atoms with Gasteiger partial charge in [-0.25, -0.2) is 9.18 Å². The number of halogens is 1. The maximum absolute atomic E-state index is 13.0. The van der Waals surface area contributed by atoms with Crippen LogP contribution in [0.3, 0.4) is 0 Å². The molecular formula is C11H15FN4O. The van der Waals surface area contributed by atoms with Gasteiger partial charge in [-0.1, -0.05) is 13.3 Å². The Bertz CT molecular complexity index is 441. The summed E-state index contributed by atoms with van der Waals surface area (Å²) in [4.78, 5) is 14.6. The highest BCUT2D eigenvalue weighted by molar-refractivity contribution is 5.98. The van der Waals surface area contributed by atoms with E-state index in [-0.39, 0.29) is 11.8 Å². The molecule has 0 heterocycles. The van der Waals surface area contributed by atoms with Gasteiger partial charge in [-0.2, -0.15) is 4.99 Å². The first-order valence-electron chi connectivity index (χ1n) is 5.22. The molecule has 0 saturated carbocycles. The fourth-order valence-corrected chi connectivity index (χ4v) is 1.42. The number of guanidine groups is 1. The number of nitrogens with two attached hydrogens (primary N) is 2. The third-order valence-corrected chi connectivity index (χ3v) is 2.06. The van der Waals surface area contributed by atoms with Gasteiger partial charge in [-0.3, -0.25) is 0 Å². The van der Waals surface area contributed by atoms with Crippen LogP contribution in [0.25, 0.3) is 0 Å². The Morgan fingerprint density at radius 3 is 2.76 bits per heavy atom. The average Bonchev–Trinajstić information content (AvgIpc) is 2.21. The quantitative estimate of drug-likeness (QED) is 0.551. The molecule has 5 nitrogen and oxygen atoms in total. The highest BCUT2D eigenvalue weighted by Gasteiger charge is 2.07. The molecule has 0 radical (unpaired) electrons. The van der Waals surface area contributed by atoms with Crippen molar-refractivity contribution < 1.29 is 9.18 Å². The zero-order chi connectivity index (χ0) is 12.8.